The van der Waals surface area contributed by atoms with Crippen molar-refractivity contribution < 1.29 is 4.79 Å². The van der Waals surface area contributed by atoms with Gasteiger partial charge in [-0.05, 0) is 27.9 Å². The fourth-order valence-electron chi connectivity index (χ4n) is 0.770. The molecule has 0 unspecified atom stereocenters. The monoisotopic (exact) mass is 262 g/mol. The fraction of sp³-hybridized carbons (Fsp3) is 0.700. The van der Waals surface area contributed by atoms with E-state index in [2.05, 4.69) is 49.8 Å². The lowest BCUT2D eigenvalue weighted by atomic mass is 10.2. The molecular formula is C10H19BrOSi. The van der Waals surface area contributed by atoms with E-state index in [1.54, 1.807) is 0 Å². The van der Waals surface area contributed by atoms with Crippen molar-refractivity contribution in [1.29, 1.82) is 0 Å². The van der Waals surface area contributed by atoms with Crippen LogP contribution in [-0.2, 0) is 4.79 Å². The fourth-order valence-corrected chi connectivity index (χ4v) is 3.68. The lowest BCUT2D eigenvalue weighted by Gasteiger charge is -2.34. The van der Waals surface area contributed by atoms with Crippen LogP contribution in [0.3, 0.4) is 0 Å². The Morgan fingerprint density at radius 3 is 1.92 bits per heavy atom. The molecule has 0 aliphatic heterocycles. The summed E-state index contributed by atoms with van der Waals surface area (Å²) in [5.74, 6) is 0. The Bertz CT molecular complexity index is 236. The third-order valence-electron chi connectivity index (χ3n) is 2.91. The van der Waals surface area contributed by atoms with Gasteiger partial charge in [0.2, 0.25) is 0 Å². The number of carbonyl (C=O) groups is 1. The van der Waals surface area contributed by atoms with Gasteiger partial charge < -0.3 is 0 Å². The minimum atomic E-state index is -1.85. The van der Waals surface area contributed by atoms with Crippen LogP contribution in [0.1, 0.15) is 27.7 Å². The van der Waals surface area contributed by atoms with Gasteiger partial charge in [0, 0.05) is 0 Å². The smallest absolute Gasteiger partial charge is 0.147 e. The molecule has 0 bridgehead atoms. The second kappa shape index (κ2) is 4.09. The summed E-state index contributed by atoms with van der Waals surface area (Å²) in [6.07, 6.45) is 1.84. The highest BCUT2D eigenvalue weighted by Gasteiger charge is 2.42. The van der Waals surface area contributed by atoms with Crippen LogP contribution in [0.5, 0.6) is 0 Å². The summed E-state index contributed by atoms with van der Waals surface area (Å²) in [4.78, 5) is 12.0. The predicted octanol–water partition coefficient (Wildman–Crippen LogP) is 3.90. The highest BCUT2D eigenvalue weighted by molar-refractivity contribution is 9.12. The molecule has 76 valence electrons. The van der Waals surface area contributed by atoms with Gasteiger partial charge in [-0.15, -0.1) is 0 Å². The highest BCUT2D eigenvalue weighted by atomic mass is 79.9. The zero-order valence-corrected chi connectivity index (χ0v) is 11.9. The Balaban J connectivity index is 4.97. The Kier molecular flexibility index (Phi) is 4.12. The number of allylic oxidation sites excluding steroid dienone is 2. The molecule has 0 aliphatic carbocycles. The first-order chi connectivity index (χ1) is 5.64. The summed E-state index contributed by atoms with van der Waals surface area (Å²) >= 11 is 3.32. The summed E-state index contributed by atoms with van der Waals surface area (Å²) in [5, 5.41) is 0.425. The van der Waals surface area contributed by atoms with E-state index in [9.17, 15) is 4.79 Å². The average Bonchev–Trinajstić information content (AvgIpc) is 1.99. The maximum absolute atomic E-state index is 12.0. The van der Waals surface area contributed by atoms with Gasteiger partial charge in [-0.25, -0.2) is 0 Å². The third kappa shape index (κ3) is 2.78. The van der Waals surface area contributed by atoms with Crippen molar-refractivity contribution in [1.82, 2.24) is 0 Å². The summed E-state index contributed by atoms with van der Waals surface area (Å²) in [6, 6.07) is 0. The Labute approximate surface area is 90.7 Å². The average molecular weight is 263 g/mol. The Hall–Kier alpha value is 0.107. The normalized spacial score (nSPS) is 14.5. The van der Waals surface area contributed by atoms with Crippen molar-refractivity contribution in [2.24, 2.45) is 0 Å². The number of halogens is 1. The first-order valence-corrected chi connectivity index (χ1v) is 8.30. The molecule has 0 aliphatic rings. The van der Waals surface area contributed by atoms with Crippen LogP contribution in [0.25, 0.3) is 0 Å². The maximum Gasteiger partial charge on any atom is 0.147 e. The highest BCUT2D eigenvalue weighted by Crippen LogP contribution is 2.38. The molecule has 13 heavy (non-hydrogen) atoms. The second-order valence-electron chi connectivity index (χ2n) is 4.84. The summed E-state index contributed by atoms with van der Waals surface area (Å²) < 4.78 is 0.735. The number of carbonyl (C=O) groups excluding carboxylic acids is 1. The molecule has 0 aromatic rings. The largest absolute Gasteiger partial charge is 0.300 e. The van der Waals surface area contributed by atoms with E-state index in [-0.39, 0.29) is 5.04 Å². The van der Waals surface area contributed by atoms with Crippen molar-refractivity contribution in [2.75, 3.05) is 0 Å². The lowest BCUT2D eigenvalue weighted by Crippen LogP contribution is -2.46. The van der Waals surface area contributed by atoms with Crippen molar-refractivity contribution in [2.45, 2.75) is 45.8 Å². The van der Waals surface area contributed by atoms with E-state index in [1.165, 1.54) is 0 Å². The van der Waals surface area contributed by atoms with Crippen LogP contribution in [0.2, 0.25) is 18.1 Å². The molecule has 1 nitrogen and oxygen atoms in total. The second-order valence-corrected chi connectivity index (χ2v) is 10.9. The minimum Gasteiger partial charge on any atom is -0.300 e. The van der Waals surface area contributed by atoms with E-state index in [1.807, 2.05) is 13.0 Å². The van der Waals surface area contributed by atoms with Crippen LogP contribution in [0.15, 0.2) is 10.6 Å². The van der Waals surface area contributed by atoms with Crippen molar-refractivity contribution in [3.63, 3.8) is 0 Å². The molecule has 0 saturated carbocycles. The molecule has 0 saturated heterocycles. The molecule has 0 atom stereocenters. The number of hydrogen-bond donors (Lipinski definition) is 0. The van der Waals surface area contributed by atoms with E-state index in [0.29, 0.717) is 5.41 Å². The zero-order valence-electron chi connectivity index (χ0n) is 9.36. The Morgan fingerprint density at radius 2 is 1.69 bits per heavy atom. The van der Waals surface area contributed by atoms with Gasteiger partial charge in [0.25, 0.3) is 0 Å². The third-order valence-corrected chi connectivity index (χ3v) is 9.25. The molecule has 3 heteroatoms. The first-order valence-electron chi connectivity index (χ1n) is 4.51. The summed E-state index contributed by atoms with van der Waals surface area (Å²) in [5.41, 5.74) is 0. The minimum absolute atomic E-state index is 0.117. The molecule has 0 spiro atoms. The van der Waals surface area contributed by atoms with Crippen molar-refractivity contribution >= 4 is 29.4 Å². The van der Waals surface area contributed by atoms with E-state index < -0.39 is 8.07 Å². The zero-order chi connectivity index (χ0) is 10.9. The van der Waals surface area contributed by atoms with E-state index >= 15 is 0 Å². The predicted molar refractivity (Wildman–Crippen MR) is 64.9 cm³/mol. The van der Waals surface area contributed by atoms with Gasteiger partial charge in [-0.1, -0.05) is 39.9 Å². The standard InChI is InChI=1S/C10H19BrOSi/c1-7-8(11)9(12)13(5,6)10(2,3)4/h7H,1-6H3/b8-7-. The van der Waals surface area contributed by atoms with Gasteiger partial charge in [0.05, 0.1) is 4.48 Å². The molecule has 0 radical (unpaired) electrons. The molecule has 0 amide bonds. The van der Waals surface area contributed by atoms with Crippen LogP contribution >= 0.6 is 15.9 Å². The number of rotatable bonds is 2. The first kappa shape index (κ1) is 13.1. The van der Waals surface area contributed by atoms with Crippen molar-refractivity contribution in [3.8, 4) is 0 Å². The SMILES string of the molecule is C/C=C(\Br)C(=O)[Si](C)(C)C(C)(C)C. The molecule has 0 heterocycles. The van der Waals surface area contributed by atoms with Crippen LogP contribution in [0, 0.1) is 0 Å². The molecule has 0 N–H and O–H groups in total. The lowest BCUT2D eigenvalue weighted by molar-refractivity contribution is -0.109. The van der Waals surface area contributed by atoms with E-state index in [0.717, 1.165) is 4.48 Å². The van der Waals surface area contributed by atoms with E-state index in [4.69, 9.17) is 0 Å². The quantitative estimate of drug-likeness (QED) is 0.545. The van der Waals surface area contributed by atoms with Crippen LogP contribution < -0.4 is 0 Å². The topological polar surface area (TPSA) is 17.1 Å². The summed E-state index contributed by atoms with van der Waals surface area (Å²) in [7, 11) is -1.85. The molecular weight excluding hydrogens is 244 g/mol. The van der Waals surface area contributed by atoms with Crippen LogP contribution in [0.4, 0.5) is 0 Å². The van der Waals surface area contributed by atoms with Gasteiger partial charge >= 0.3 is 0 Å². The molecule has 0 aromatic heterocycles. The van der Waals surface area contributed by atoms with Crippen molar-refractivity contribution in [3.05, 3.63) is 10.6 Å². The number of hydrogen-bond acceptors (Lipinski definition) is 1. The Morgan fingerprint density at radius 1 is 1.31 bits per heavy atom. The van der Waals surface area contributed by atoms with Gasteiger partial charge in [0.15, 0.2) is 0 Å². The van der Waals surface area contributed by atoms with Gasteiger partial charge in [-0.2, -0.15) is 0 Å². The van der Waals surface area contributed by atoms with Gasteiger partial charge in [-0.3, -0.25) is 4.79 Å². The molecule has 0 aromatic carbocycles. The van der Waals surface area contributed by atoms with Crippen LogP contribution in [-0.4, -0.2) is 13.5 Å². The molecule has 0 fully saturated rings. The summed E-state index contributed by atoms with van der Waals surface area (Å²) in [6.45, 7) is 12.6. The molecule has 0 rings (SSSR count). The maximum atomic E-state index is 12.0. The van der Waals surface area contributed by atoms with Gasteiger partial charge in [0.1, 0.15) is 13.5 Å².